The predicted molar refractivity (Wildman–Crippen MR) is 79.5 cm³/mol. The molecule has 0 aliphatic carbocycles. The zero-order valence-electron chi connectivity index (χ0n) is 11.6. The zero-order valence-corrected chi connectivity index (χ0v) is 11.6. The van der Waals surface area contributed by atoms with Crippen molar-refractivity contribution in [2.24, 2.45) is 0 Å². The molecule has 0 radical (unpaired) electrons. The molecule has 0 bridgehead atoms. The summed E-state index contributed by atoms with van der Waals surface area (Å²) in [7, 11) is 0. The number of benzene rings is 2. The van der Waals surface area contributed by atoms with Crippen molar-refractivity contribution in [3.8, 4) is 0 Å². The topological polar surface area (TPSA) is 30.5 Å². The first-order valence-electron chi connectivity index (χ1n) is 6.92. The van der Waals surface area contributed by atoms with E-state index in [2.05, 4.69) is 48.6 Å². The van der Waals surface area contributed by atoms with Gasteiger partial charge < -0.3 is 14.8 Å². The van der Waals surface area contributed by atoms with Gasteiger partial charge in [0.1, 0.15) is 0 Å². The Morgan fingerprint density at radius 2 is 1.55 bits per heavy atom. The highest BCUT2D eigenvalue weighted by molar-refractivity contribution is 5.44. The van der Waals surface area contributed by atoms with Crippen molar-refractivity contribution in [3.63, 3.8) is 0 Å². The number of rotatable bonds is 3. The van der Waals surface area contributed by atoms with Crippen LogP contribution in [0.2, 0.25) is 0 Å². The molecule has 0 atom stereocenters. The molecule has 0 saturated carbocycles. The minimum atomic E-state index is -0.219. The molecule has 0 saturated heterocycles. The van der Waals surface area contributed by atoms with Crippen molar-refractivity contribution in [2.75, 3.05) is 11.9 Å². The lowest BCUT2D eigenvalue weighted by molar-refractivity contribution is -0.139. The zero-order chi connectivity index (χ0) is 13.8. The van der Waals surface area contributed by atoms with Crippen LogP contribution in [0.1, 0.15) is 16.7 Å². The van der Waals surface area contributed by atoms with E-state index in [-0.39, 0.29) is 6.29 Å². The normalized spacial score (nSPS) is 15.4. The third-order valence-electron chi connectivity index (χ3n) is 3.49. The minimum Gasteiger partial charge on any atom is -0.380 e. The summed E-state index contributed by atoms with van der Waals surface area (Å²) in [5.41, 5.74) is 4.77. The second-order valence-electron chi connectivity index (χ2n) is 5.07. The second kappa shape index (κ2) is 6.07. The van der Waals surface area contributed by atoms with Crippen LogP contribution in [-0.4, -0.2) is 12.8 Å². The van der Waals surface area contributed by atoms with E-state index in [9.17, 15) is 0 Å². The van der Waals surface area contributed by atoms with Crippen LogP contribution in [0.25, 0.3) is 0 Å². The van der Waals surface area contributed by atoms with Gasteiger partial charge in [-0.25, -0.2) is 0 Å². The molecule has 0 spiro atoms. The lowest BCUT2D eigenvalue weighted by Crippen LogP contribution is -2.24. The van der Waals surface area contributed by atoms with E-state index in [4.69, 9.17) is 9.47 Å². The van der Waals surface area contributed by atoms with Gasteiger partial charge in [-0.15, -0.1) is 0 Å². The van der Waals surface area contributed by atoms with Crippen LogP contribution in [-0.2, 0) is 22.7 Å². The Balaban J connectivity index is 1.56. The average Bonchev–Trinajstić information content (AvgIpc) is 2.69. The van der Waals surface area contributed by atoms with Crippen molar-refractivity contribution in [2.45, 2.75) is 26.4 Å². The van der Waals surface area contributed by atoms with Gasteiger partial charge in [0, 0.05) is 5.69 Å². The van der Waals surface area contributed by atoms with Crippen LogP contribution in [0.5, 0.6) is 0 Å². The minimum absolute atomic E-state index is 0.219. The lowest BCUT2D eigenvalue weighted by Gasteiger charge is -2.16. The van der Waals surface area contributed by atoms with Crippen LogP contribution < -0.4 is 5.32 Å². The number of nitrogens with one attached hydrogen (secondary N) is 1. The van der Waals surface area contributed by atoms with Gasteiger partial charge in [-0.2, -0.15) is 0 Å². The van der Waals surface area contributed by atoms with Gasteiger partial charge in [0.05, 0.1) is 19.8 Å². The Kier molecular flexibility index (Phi) is 4.00. The summed E-state index contributed by atoms with van der Waals surface area (Å²) >= 11 is 0. The molecular formula is C17H19NO2. The molecule has 2 aromatic carbocycles. The predicted octanol–water partition coefficient (Wildman–Crippen LogP) is 3.48. The van der Waals surface area contributed by atoms with Crippen molar-refractivity contribution in [1.29, 1.82) is 0 Å². The summed E-state index contributed by atoms with van der Waals surface area (Å²) in [6.07, 6.45) is -0.219. The number of ether oxygens (including phenoxy) is 2. The summed E-state index contributed by atoms with van der Waals surface area (Å²) in [6.45, 7) is 3.95. The average molecular weight is 269 g/mol. The number of anilines is 1. The number of hydrogen-bond acceptors (Lipinski definition) is 3. The van der Waals surface area contributed by atoms with Crippen LogP contribution in [0.3, 0.4) is 0 Å². The maximum atomic E-state index is 5.79. The van der Waals surface area contributed by atoms with Crippen LogP contribution in [0.4, 0.5) is 5.69 Å². The third-order valence-corrected chi connectivity index (χ3v) is 3.49. The Hall–Kier alpha value is -1.84. The van der Waals surface area contributed by atoms with E-state index in [1.54, 1.807) is 0 Å². The summed E-state index contributed by atoms with van der Waals surface area (Å²) < 4.78 is 11.6. The fraction of sp³-hybridized carbons (Fsp3) is 0.294. The van der Waals surface area contributed by atoms with E-state index in [1.165, 1.54) is 16.7 Å². The second-order valence-corrected chi connectivity index (χ2v) is 5.07. The molecule has 1 N–H and O–H groups in total. The van der Waals surface area contributed by atoms with E-state index >= 15 is 0 Å². The molecule has 20 heavy (non-hydrogen) atoms. The van der Waals surface area contributed by atoms with Gasteiger partial charge in [0.25, 0.3) is 0 Å². The van der Waals surface area contributed by atoms with E-state index in [0.717, 1.165) is 5.69 Å². The van der Waals surface area contributed by atoms with E-state index in [1.807, 2.05) is 12.1 Å². The van der Waals surface area contributed by atoms with Crippen LogP contribution >= 0.6 is 0 Å². The number of fused-ring (bicyclic) bond motifs is 1. The molecule has 1 aliphatic heterocycles. The highest BCUT2D eigenvalue weighted by Gasteiger charge is 2.16. The molecule has 0 amide bonds. The van der Waals surface area contributed by atoms with Crippen molar-refractivity contribution in [3.05, 3.63) is 65.2 Å². The molecule has 3 rings (SSSR count). The summed E-state index contributed by atoms with van der Waals surface area (Å²) in [4.78, 5) is 0. The molecule has 3 heteroatoms. The Labute approximate surface area is 119 Å². The highest BCUT2D eigenvalue weighted by Crippen LogP contribution is 2.18. The molecule has 0 aromatic heterocycles. The fourth-order valence-corrected chi connectivity index (χ4v) is 2.24. The largest absolute Gasteiger partial charge is 0.380 e. The smallest absolute Gasteiger partial charge is 0.175 e. The number of hydrogen-bond donors (Lipinski definition) is 1. The van der Waals surface area contributed by atoms with Crippen molar-refractivity contribution < 1.29 is 9.47 Å². The van der Waals surface area contributed by atoms with Gasteiger partial charge in [-0.3, -0.25) is 0 Å². The van der Waals surface area contributed by atoms with Gasteiger partial charge in [0.2, 0.25) is 0 Å². The first-order chi connectivity index (χ1) is 9.81. The monoisotopic (exact) mass is 269 g/mol. The van der Waals surface area contributed by atoms with Gasteiger partial charge in [0.15, 0.2) is 6.29 Å². The fourth-order valence-electron chi connectivity index (χ4n) is 2.24. The van der Waals surface area contributed by atoms with Gasteiger partial charge in [-0.05, 0) is 30.2 Å². The van der Waals surface area contributed by atoms with Crippen molar-refractivity contribution in [1.82, 2.24) is 0 Å². The molecule has 1 aliphatic rings. The first-order valence-corrected chi connectivity index (χ1v) is 6.92. The van der Waals surface area contributed by atoms with E-state index in [0.29, 0.717) is 19.8 Å². The maximum Gasteiger partial charge on any atom is 0.175 e. The van der Waals surface area contributed by atoms with Crippen LogP contribution in [0.15, 0.2) is 48.5 Å². The maximum absolute atomic E-state index is 5.79. The Morgan fingerprint density at radius 1 is 0.950 bits per heavy atom. The molecule has 0 fully saturated rings. The summed E-state index contributed by atoms with van der Waals surface area (Å²) in [5, 5.41) is 3.35. The SMILES string of the molecule is Cc1ccc(NCC2OCc3ccccc3CO2)cc1. The van der Waals surface area contributed by atoms with E-state index < -0.39 is 0 Å². The quantitative estimate of drug-likeness (QED) is 0.925. The Bertz CT molecular complexity index is 538. The highest BCUT2D eigenvalue weighted by atomic mass is 16.7. The number of aryl methyl sites for hydroxylation is 1. The molecule has 3 nitrogen and oxygen atoms in total. The Morgan fingerprint density at radius 3 is 2.15 bits per heavy atom. The molecule has 0 unspecified atom stereocenters. The first kappa shape index (κ1) is 13.2. The summed E-state index contributed by atoms with van der Waals surface area (Å²) in [5.74, 6) is 0. The molecular weight excluding hydrogens is 250 g/mol. The lowest BCUT2D eigenvalue weighted by atomic mass is 10.1. The molecule has 1 heterocycles. The standard InChI is InChI=1S/C17H19NO2/c1-13-6-8-16(9-7-13)18-10-17-19-11-14-4-2-3-5-15(14)12-20-17/h2-9,17-18H,10-12H2,1H3. The van der Waals surface area contributed by atoms with Gasteiger partial charge >= 0.3 is 0 Å². The van der Waals surface area contributed by atoms with Gasteiger partial charge in [-0.1, -0.05) is 42.0 Å². The van der Waals surface area contributed by atoms with Crippen LogP contribution in [0, 0.1) is 6.92 Å². The molecule has 104 valence electrons. The molecule has 2 aromatic rings. The van der Waals surface area contributed by atoms with Crippen molar-refractivity contribution >= 4 is 5.69 Å². The summed E-state index contributed by atoms with van der Waals surface area (Å²) in [6, 6.07) is 16.6. The third kappa shape index (κ3) is 3.18.